The fraction of sp³-hybridized carbons (Fsp3) is 0.130. The Morgan fingerprint density at radius 2 is 1.90 bits per heavy atom. The standard InChI is InChI=1S/C23H21ClN4O2/c1-28-21(14-19(27-28)16-9-11-18(24)12-10-16)26-22(29)15-25-23(20-8-5-13-30-20)17-6-3-2-4-7-17/h2-14,23,25H,15H2,1H3,(H,26,29)/p+1/t23-/m0/s1. The van der Waals surface area contributed by atoms with Crippen molar-refractivity contribution < 1.29 is 14.5 Å². The van der Waals surface area contributed by atoms with E-state index >= 15 is 0 Å². The van der Waals surface area contributed by atoms with Crippen LogP contribution in [0.15, 0.2) is 83.5 Å². The number of nitrogens with one attached hydrogen (secondary N) is 1. The second-order valence-electron chi connectivity index (χ2n) is 6.94. The van der Waals surface area contributed by atoms with Crippen LogP contribution in [0, 0.1) is 0 Å². The molecule has 0 bridgehead atoms. The lowest BCUT2D eigenvalue weighted by atomic mass is 10.0. The molecule has 0 saturated heterocycles. The minimum absolute atomic E-state index is 0.0943. The van der Waals surface area contributed by atoms with Gasteiger partial charge in [0.2, 0.25) is 0 Å². The summed E-state index contributed by atoms with van der Waals surface area (Å²) in [6.07, 6.45) is 1.65. The maximum absolute atomic E-state index is 12.6. The van der Waals surface area contributed by atoms with Crippen molar-refractivity contribution in [1.29, 1.82) is 0 Å². The van der Waals surface area contributed by atoms with Crippen LogP contribution in [0.3, 0.4) is 0 Å². The fourth-order valence-corrected chi connectivity index (χ4v) is 3.44. The number of hydrogen-bond acceptors (Lipinski definition) is 3. The molecule has 3 N–H and O–H groups in total. The molecule has 0 aliphatic rings. The molecule has 0 aliphatic heterocycles. The Morgan fingerprint density at radius 3 is 2.60 bits per heavy atom. The number of anilines is 1. The van der Waals surface area contributed by atoms with Crippen LogP contribution in [-0.4, -0.2) is 22.2 Å². The third-order valence-electron chi connectivity index (χ3n) is 4.83. The van der Waals surface area contributed by atoms with E-state index in [9.17, 15) is 4.79 Å². The average Bonchev–Trinajstić information content (AvgIpc) is 3.40. The first-order valence-electron chi connectivity index (χ1n) is 9.61. The summed E-state index contributed by atoms with van der Waals surface area (Å²) < 4.78 is 7.25. The lowest BCUT2D eigenvalue weighted by molar-refractivity contribution is -0.678. The van der Waals surface area contributed by atoms with Crippen LogP contribution in [0.2, 0.25) is 5.02 Å². The number of nitrogens with two attached hydrogens (primary N) is 1. The molecule has 0 spiro atoms. The number of amides is 1. The summed E-state index contributed by atoms with van der Waals surface area (Å²) >= 11 is 5.95. The van der Waals surface area contributed by atoms with E-state index in [4.69, 9.17) is 16.0 Å². The molecule has 4 aromatic rings. The monoisotopic (exact) mass is 421 g/mol. The molecule has 2 heterocycles. The zero-order chi connectivity index (χ0) is 20.9. The van der Waals surface area contributed by atoms with E-state index in [0.717, 1.165) is 22.6 Å². The molecule has 6 nitrogen and oxygen atoms in total. The number of halogens is 1. The first kappa shape index (κ1) is 19.9. The van der Waals surface area contributed by atoms with Gasteiger partial charge < -0.3 is 15.1 Å². The Labute approximate surface area is 179 Å². The van der Waals surface area contributed by atoms with Crippen LogP contribution in [-0.2, 0) is 11.8 Å². The number of nitrogens with zero attached hydrogens (tertiary/aromatic N) is 2. The molecule has 0 unspecified atom stereocenters. The number of carbonyl (C=O) groups excluding carboxylic acids is 1. The molecule has 2 aromatic heterocycles. The van der Waals surface area contributed by atoms with E-state index < -0.39 is 0 Å². The zero-order valence-corrected chi connectivity index (χ0v) is 17.2. The number of quaternary nitrogens is 1. The van der Waals surface area contributed by atoms with E-state index in [2.05, 4.69) is 10.4 Å². The summed E-state index contributed by atoms with van der Waals surface area (Å²) in [6, 6.07) is 23.0. The molecule has 0 saturated carbocycles. The Bertz CT molecular complexity index is 1110. The smallest absolute Gasteiger partial charge is 0.280 e. The van der Waals surface area contributed by atoms with Gasteiger partial charge in [-0.15, -0.1) is 0 Å². The summed E-state index contributed by atoms with van der Waals surface area (Å²) in [4.78, 5) is 12.6. The second-order valence-corrected chi connectivity index (χ2v) is 7.37. The largest absolute Gasteiger partial charge is 0.463 e. The minimum Gasteiger partial charge on any atom is -0.463 e. The highest BCUT2D eigenvalue weighted by Gasteiger charge is 2.22. The van der Waals surface area contributed by atoms with Gasteiger partial charge in [0.1, 0.15) is 5.82 Å². The molecule has 7 heteroatoms. The van der Waals surface area contributed by atoms with Crippen LogP contribution in [0.25, 0.3) is 11.3 Å². The fourth-order valence-electron chi connectivity index (χ4n) is 3.31. The number of hydrogen-bond donors (Lipinski definition) is 2. The quantitative estimate of drug-likeness (QED) is 0.478. The number of aryl methyl sites for hydroxylation is 1. The van der Waals surface area contributed by atoms with Gasteiger partial charge in [-0.05, 0) is 24.3 Å². The van der Waals surface area contributed by atoms with E-state index in [1.54, 1.807) is 18.0 Å². The number of benzene rings is 2. The van der Waals surface area contributed by atoms with E-state index in [1.807, 2.05) is 78.1 Å². The minimum atomic E-state index is -0.117. The summed E-state index contributed by atoms with van der Waals surface area (Å²) in [5, 5.41) is 10.0. The summed E-state index contributed by atoms with van der Waals surface area (Å²) in [5.74, 6) is 1.32. The van der Waals surface area contributed by atoms with Crippen molar-refractivity contribution in [2.45, 2.75) is 6.04 Å². The molecule has 1 atom stereocenters. The Kier molecular flexibility index (Phi) is 5.97. The highest BCUT2D eigenvalue weighted by Crippen LogP contribution is 2.23. The SMILES string of the molecule is Cn1nc(-c2ccc(Cl)cc2)cc1NC(=O)C[NH2+][C@@H](c1ccccc1)c1ccco1. The molecule has 30 heavy (non-hydrogen) atoms. The molecular formula is C23H22ClN4O2+. The highest BCUT2D eigenvalue weighted by atomic mass is 35.5. The molecule has 0 radical (unpaired) electrons. The van der Waals surface area contributed by atoms with Crippen LogP contribution >= 0.6 is 11.6 Å². The molecular weight excluding hydrogens is 400 g/mol. The third kappa shape index (κ3) is 4.62. The highest BCUT2D eigenvalue weighted by molar-refractivity contribution is 6.30. The van der Waals surface area contributed by atoms with Gasteiger partial charge in [0.25, 0.3) is 5.91 Å². The van der Waals surface area contributed by atoms with Crippen molar-refractivity contribution in [1.82, 2.24) is 9.78 Å². The molecule has 1 amide bonds. The van der Waals surface area contributed by atoms with Crippen LogP contribution in [0.1, 0.15) is 17.4 Å². The summed E-state index contributed by atoms with van der Waals surface area (Å²) in [7, 11) is 1.80. The van der Waals surface area contributed by atoms with Gasteiger partial charge in [-0.1, -0.05) is 54.1 Å². The number of carbonyl (C=O) groups is 1. The van der Waals surface area contributed by atoms with Crippen molar-refractivity contribution in [3.05, 3.63) is 95.4 Å². The van der Waals surface area contributed by atoms with Gasteiger partial charge in [-0.3, -0.25) is 9.48 Å². The second kappa shape index (κ2) is 8.98. The van der Waals surface area contributed by atoms with Gasteiger partial charge in [0, 0.05) is 29.3 Å². The molecule has 152 valence electrons. The van der Waals surface area contributed by atoms with Gasteiger partial charge in [0.05, 0.1) is 12.0 Å². The number of aromatic nitrogens is 2. The van der Waals surface area contributed by atoms with E-state index in [0.29, 0.717) is 10.8 Å². The maximum Gasteiger partial charge on any atom is 0.280 e. The average molecular weight is 422 g/mol. The Balaban J connectivity index is 1.43. The van der Waals surface area contributed by atoms with Gasteiger partial charge in [0.15, 0.2) is 18.3 Å². The Morgan fingerprint density at radius 1 is 1.13 bits per heavy atom. The molecule has 0 aliphatic carbocycles. The van der Waals surface area contributed by atoms with Gasteiger partial charge >= 0.3 is 0 Å². The maximum atomic E-state index is 12.6. The van der Waals surface area contributed by atoms with Gasteiger partial charge in [-0.2, -0.15) is 5.10 Å². The molecule has 2 aromatic carbocycles. The molecule has 0 fully saturated rings. The Hall–Kier alpha value is -3.35. The predicted molar refractivity (Wildman–Crippen MR) is 116 cm³/mol. The first-order chi connectivity index (χ1) is 14.6. The summed E-state index contributed by atoms with van der Waals surface area (Å²) in [6.45, 7) is 0.238. The van der Waals surface area contributed by atoms with Crippen LogP contribution < -0.4 is 10.6 Å². The van der Waals surface area contributed by atoms with E-state index in [1.165, 1.54) is 0 Å². The first-order valence-corrected chi connectivity index (χ1v) is 9.99. The van der Waals surface area contributed by atoms with Crippen molar-refractivity contribution >= 4 is 23.3 Å². The lowest BCUT2D eigenvalue weighted by Crippen LogP contribution is -2.87. The zero-order valence-electron chi connectivity index (χ0n) is 16.5. The van der Waals surface area contributed by atoms with Crippen LogP contribution in [0.4, 0.5) is 5.82 Å². The lowest BCUT2D eigenvalue weighted by Gasteiger charge is -2.13. The molecule has 4 rings (SSSR count). The summed E-state index contributed by atoms with van der Waals surface area (Å²) in [5.41, 5.74) is 2.78. The number of rotatable bonds is 7. The van der Waals surface area contributed by atoms with Crippen molar-refractivity contribution in [2.24, 2.45) is 7.05 Å². The van der Waals surface area contributed by atoms with Gasteiger partial charge in [-0.25, -0.2) is 0 Å². The third-order valence-corrected chi connectivity index (χ3v) is 5.09. The number of furan rings is 1. The van der Waals surface area contributed by atoms with Crippen LogP contribution in [0.5, 0.6) is 0 Å². The topological polar surface area (TPSA) is 76.7 Å². The predicted octanol–water partition coefficient (Wildman–Crippen LogP) is 3.63. The van der Waals surface area contributed by atoms with Crippen molar-refractivity contribution in [3.8, 4) is 11.3 Å². The van der Waals surface area contributed by atoms with Crippen molar-refractivity contribution in [2.75, 3.05) is 11.9 Å². The van der Waals surface area contributed by atoms with E-state index in [-0.39, 0.29) is 18.5 Å². The normalized spacial score (nSPS) is 11.9. The van der Waals surface area contributed by atoms with Crippen molar-refractivity contribution in [3.63, 3.8) is 0 Å².